The summed E-state index contributed by atoms with van der Waals surface area (Å²) in [5, 5.41) is 10.4. The highest BCUT2D eigenvalue weighted by Crippen LogP contribution is 2.31. The molecule has 128 valence electrons. The Morgan fingerprint density at radius 2 is 1.76 bits per heavy atom. The second-order valence-electron chi connectivity index (χ2n) is 5.53. The third-order valence-corrected chi connectivity index (χ3v) is 3.94. The number of aryl methyl sites for hydroxylation is 1. The summed E-state index contributed by atoms with van der Waals surface area (Å²) in [5.74, 6) is 5.92. The van der Waals surface area contributed by atoms with Gasteiger partial charge in [-0.2, -0.15) is 13.2 Å². The maximum absolute atomic E-state index is 12.6. The Bertz CT molecular complexity index is 990. The largest absolute Gasteiger partial charge is 0.508 e. The maximum atomic E-state index is 12.6. The zero-order chi connectivity index (χ0) is 18.2. The molecule has 0 saturated carbocycles. The highest BCUT2D eigenvalue weighted by molar-refractivity contribution is 5.96. The van der Waals surface area contributed by atoms with Crippen LogP contribution in [0.1, 0.15) is 23.7 Å². The predicted octanol–water partition coefficient (Wildman–Crippen LogP) is 4.37. The molecule has 3 N–H and O–H groups in total. The summed E-state index contributed by atoms with van der Waals surface area (Å²) in [6, 6.07) is 9.54. The van der Waals surface area contributed by atoms with Gasteiger partial charge in [-0.05, 0) is 49.2 Å². The van der Waals surface area contributed by atoms with Crippen LogP contribution < -0.4 is 5.73 Å². The van der Waals surface area contributed by atoms with Gasteiger partial charge in [-0.25, -0.2) is 0 Å². The van der Waals surface area contributed by atoms with Gasteiger partial charge in [-0.3, -0.25) is 0 Å². The topological polar surface area (TPSA) is 51.2 Å². The molecule has 2 aromatic carbocycles. The Morgan fingerprint density at radius 1 is 1.08 bits per heavy atom. The van der Waals surface area contributed by atoms with Crippen molar-refractivity contribution in [2.75, 3.05) is 5.73 Å². The van der Waals surface area contributed by atoms with E-state index >= 15 is 0 Å². The van der Waals surface area contributed by atoms with Gasteiger partial charge in [-0.1, -0.05) is 5.92 Å². The molecule has 1 heterocycles. The van der Waals surface area contributed by atoms with E-state index in [1.165, 1.54) is 12.1 Å². The number of nitrogen functional groups attached to an aromatic ring is 1. The lowest BCUT2D eigenvalue weighted by atomic mass is 10.1. The number of rotatable bonds is 1. The van der Waals surface area contributed by atoms with Crippen molar-refractivity contribution in [1.29, 1.82) is 0 Å². The van der Waals surface area contributed by atoms with Crippen molar-refractivity contribution in [1.82, 2.24) is 4.57 Å². The molecule has 3 aromatic rings. The third-order valence-electron chi connectivity index (χ3n) is 3.94. The van der Waals surface area contributed by atoms with Gasteiger partial charge in [0.2, 0.25) is 0 Å². The Balaban J connectivity index is 2.04. The molecule has 0 unspecified atom stereocenters. The zero-order valence-electron chi connectivity index (χ0n) is 13.4. The normalized spacial score (nSPS) is 11.4. The van der Waals surface area contributed by atoms with E-state index in [0.29, 0.717) is 23.5 Å². The van der Waals surface area contributed by atoms with E-state index in [-0.39, 0.29) is 5.75 Å². The number of aromatic hydroxyl groups is 1. The Hall–Kier alpha value is -3.07. The second kappa shape index (κ2) is 6.10. The fourth-order valence-corrected chi connectivity index (χ4v) is 2.70. The number of aromatic nitrogens is 1. The van der Waals surface area contributed by atoms with Crippen LogP contribution in [0.5, 0.6) is 5.75 Å². The second-order valence-corrected chi connectivity index (χ2v) is 5.53. The van der Waals surface area contributed by atoms with E-state index in [9.17, 15) is 18.3 Å². The van der Waals surface area contributed by atoms with Crippen LogP contribution >= 0.6 is 0 Å². The number of nitrogens with two attached hydrogens (primary N) is 1. The van der Waals surface area contributed by atoms with Crippen molar-refractivity contribution in [3.05, 3.63) is 59.3 Å². The first-order valence-electron chi connectivity index (χ1n) is 7.61. The van der Waals surface area contributed by atoms with Gasteiger partial charge < -0.3 is 15.4 Å². The summed E-state index contributed by atoms with van der Waals surface area (Å²) in [6.45, 7) is 2.51. The van der Waals surface area contributed by atoms with Gasteiger partial charge >= 0.3 is 6.18 Å². The van der Waals surface area contributed by atoms with Gasteiger partial charge in [0.05, 0.1) is 16.8 Å². The fraction of sp³-hybridized carbons (Fsp3) is 0.158. The molecule has 0 aliphatic carbocycles. The van der Waals surface area contributed by atoms with Crippen LogP contribution in [0.25, 0.3) is 10.9 Å². The molecule has 3 nitrogen and oxygen atoms in total. The molecule has 0 aliphatic heterocycles. The number of benzene rings is 2. The average molecular weight is 344 g/mol. The average Bonchev–Trinajstić information content (AvgIpc) is 2.83. The smallest absolute Gasteiger partial charge is 0.416 e. The van der Waals surface area contributed by atoms with Crippen LogP contribution in [0.4, 0.5) is 18.9 Å². The molecule has 6 heteroatoms. The van der Waals surface area contributed by atoms with E-state index < -0.39 is 11.7 Å². The molecule has 0 aliphatic rings. The van der Waals surface area contributed by atoms with Crippen LogP contribution in [0.3, 0.4) is 0 Å². The molecule has 0 spiro atoms. The quantitative estimate of drug-likeness (QED) is 0.644. The number of halogens is 3. The van der Waals surface area contributed by atoms with E-state index in [2.05, 4.69) is 11.8 Å². The number of nitrogens with zero attached hydrogens (tertiary/aromatic N) is 1. The first-order chi connectivity index (χ1) is 11.8. The molecule has 0 atom stereocenters. The van der Waals surface area contributed by atoms with E-state index in [4.69, 9.17) is 5.73 Å². The molecule has 0 fully saturated rings. The van der Waals surface area contributed by atoms with Gasteiger partial charge in [0, 0.05) is 23.6 Å². The predicted molar refractivity (Wildman–Crippen MR) is 91.1 cm³/mol. The molecule has 3 rings (SSSR count). The van der Waals surface area contributed by atoms with Crippen molar-refractivity contribution < 1.29 is 18.3 Å². The zero-order valence-corrected chi connectivity index (χ0v) is 13.4. The minimum Gasteiger partial charge on any atom is -0.508 e. The molecular formula is C19H15F3N2O. The molecule has 0 saturated heterocycles. The number of phenolic OH excluding ortho intramolecular Hbond substituents is 1. The number of hydrogen-bond acceptors (Lipinski definition) is 2. The van der Waals surface area contributed by atoms with Gasteiger partial charge in [0.1, 0.15) is 11.4 Å². The SMILES string of the molecule is CCn1c(C#Cc2ccc(C(F)(F)F)cc2)c(N)c2ccc(O)cc21. The summed E-state index contributed by atoms with van der Waals surface area (Å²) in [5.41, 5.74) is 7.72. The number of phenols is 1. The summed E-state index contributed by atoms with van der Waals surface area (Å²) in [6.07, 6.45) is -4.37. The monoisotopic (exact) mass is 344 g/mol. The van der Waals surface area contributed by atoms with Gasteiger partial charge in [0.15, 0.2) is 0 Å². The maximum Gasteiger partial charge on any atom is 0.416 e. The molecule has 0 bridgehead atoms. The number of anilines is 1. The minimum atomic E-state index is -4.37. The lowest BCUT2D eigenvalue weighted by Crippen LogP contribution is -2.04. The number of alkyl halides is 3. The van der Waals surface area contributed by atoms with Crippen LogP contribution in [-0.4, -0.2) is 9.67 Å². The lowest BCUT2D eigenvalue weighted by Gasteiger charge is -2.05. The number of fused-ring (bicyclic) bond motifs is 1. The van der Waals surface area contributed by atoms with Crippen LogP contribution in [0, 0.1) is 11.8 Å². The first-order valence-corrected chi connectivity index (χ1v) is 7.61. The number of hydrogen-bond donors (Lipinski definition) is 2. The van der Waals surface area contributed by atoms with E-state index in [1.54, 1.807) is 18.2 Å². The lowest BCUT2D eigenvalue weighted by molar-refractivity contribution is -0.137. The third kappa shape index (κ3) is 3.13. The van der Waals surface area contributed by atoms with Crippen molar-refractivity contribution in [2.24, 2.45) is 0 Å². The fourth-order valence-electron chi connectivity index (χ4n) is 2.70. The minimum absolute atomic E-state index is 0.127. The summed E-state index contributed by atoms with van der Waals surface area (Å²) < 4.78 is 39.7. The molecule has 25 heavy (non-hydrogen) atoms. The van der Waals surface area contributed by atoms with E-state index in [0.717, 1.165) is 23.0 Å². The van der Waals surface area contributed by atoms with Crippen molar-refractivity contribution in [3.8, 4) is 17.6 Å². The van der Waals surface area contributed by atoms with Gasteiger partial charge in [-0.15, -0.1) is 0 Å². The standard InChI is InChI=1S/C19H15F3N2O/c1-2-24-16(18(23)15-9-8-14(25)11-17(15)24)10-5-12-3-6-13(7-4-12)19(20,21)22/h3-4,6-9,11,25H,2,23H2,1H3. The first kappa shape index (κ1) is 16.8. The summed E-state index contributed by atoms with van der Waals surface area (Å²) in [4.78, 5) is 0. The highest BCUT2D eigenvalue weighted by Gasteiger charge is 2.29. The highest BCUT2D eigenvalue weighted by atomic mass is 19.4. The van der Waals surface area contributed by atoms with Crippen molar-refractivity contribution >= 4 is 16.6 Å². The van der Waals surface area contributed by atoms with Crippen LogP contribution in [0.2, 0.25) is 0 Å². The molecular weight excluding hydrogens is 329 g/mol. The Morgan fingerprint density at radius 3 is 2.36 bits per heavy atom. The molecule has 0 radical (unpaired) electrons. The summed E-state index contributed by atoms with van der Waals surface area (Å²) >= 11 is 0. The molecule has 0 amide bonds. The van der Waals surface area contributed by atoms with E-state index in [1.807, 2.05) is 11.5 Å². The van der Waals surface area contributed by atoms with Crippen LogP contribution in [0.15, 0.2) is 42.5 Å². The molecule has 1 aromatic heterocycles. The Labute approximate surface area is 142 Å². The Kier molecular flexibility index (Phi) is 4.09. The van der Waals surface area contributed by atoms with Gasteiger partial charge in [0.25, 0.3) is 0 Å². The summed E-state index contributed by atoms with van der Waals surface area (Å²) in [7, 11) is 0. The van der Waals surface area contributed by atoms with Crippen LogP contribution in [-0.2, 0) is 12.7 Å². The van der Waals surface area contributed by atoms with Crippen molar-refractivity contribution in [3.63, 3.8) is 0 Å². The van der Waals surface area contributed by atoms with Crippen molar-refractivity contribution in [2.45, 2.75) is 19.6 Å².